The van der Waals surface area contributed by atoms with Crippen molar-refractivity contribution in [2.75, 3.05) is 13.1 Å². The number of carbonyl (C=O) groups excluding carboxylic acids is 3. The lowest BCUT2D eigenvalue weighted by Gasteiger charge is -2.25. The van der Waals surface area contributed by atoms with Crippen LogP contribution in [0.5, 0.6) is 0 Å². The van der Waals surface area contributed by atoms with Crippen LogP contribution in [0.25, 0.3) is 0 Å². The van der Waals surface area contributed by atoms with E-state index in [0.717, 1.165) is 0 Å². The van der Waals surface area contributed by atoms with Crippen molar-refractivity contribution in [2.24, 2.45) is 11.5 Å². The number of hydrogen-bond donors (Lipinski definition) is 8. The number of unbranched alkanes of at least 4 members (excludes halogenated alkanes) is 1. The summed E-state index contributed by atoms with van der Waals surface area (Å²) in [7, 11) is 0. The summed E-state index contributed by atoms with van der Waals surface area (Å²) in [5.41, 5.74) is 11.9. The Labute approximate surface area is 179 Å². The second kappa shape index (κ2) is 13.3. The first-order valence-corrected chi connectivity index (χ1v) is 9.86. The molecule has 4 atom stereocenters. The van der Waals surface area contributed by atoms with E-state index in [9.17, 15) is 24.3 Å². The zero-order valence-electron chi connectivity index (χ0n) is 17.3. The molecule has 13 nitrogen and oxygen atoms in total. The van der Waals surface area contributed by atoms with E-state index in [1.165, 1.54) is 19.4 Å². The van der Waals surface area contributed by atoms with Crippen LogP contribution in [0.4, 0.5) is 0 Å². The van der Waals surface area contributed by atoms with Gasteiger partial charge in [-0.05, 0) is 26.3 Å². The number of carbonyl (C=O) groups is 4. The maximum absolute atomic E-state index is 12.8. The van der Waals surface area contributed by atoms with E-state index in [0.29, 0.717) is 31.5 Å². The Morgan fingerprint density at radius 1 is 1.16 bits per heavy atom. The zero-order valence-corrected chi connectivity index (χ0v) is 17.3. The van der Waals surface area contributed by atoms with Crippen molar-refractivity contribution in [2.45, 2.75) is 56.8 Å². The van der Waals surface area contributed by atoms with Gasteiger partial charge in [-0.25, -0.2) is 4.98 Å². The highest BCUT2D eigenvalue weighted by atomic mass is 16.4. The molecule has 3 amide bonds. The average molecular weight is 441 g/mol. The molecule has 0 fully saturated rings. The van der Waals surface area contributed by atoms with E-state index in [1.54, 1.807) is 0 Å². The maximum Gasteiger partial charge on any atom is 0.322 e. The monoisotopic (exact) mass is 441 g/mol. The van der Waals surface area contributed by atoms with E-state index < -0.39 is 54.5 Å². The van der Waals surface area contributed by atoms with Crippen LogP contribution in [-0.2, 0) is 25.6 Å². The summed E-state index contributed by atoms with van der Waals surface area (Å²) in [5, 5.41) is 25.5. The Hall–Kier alpha value is -3.03. The van der Waals surface area contributed by atoms with Crippen LogP contribution in [0.3, 0.4) is 0 Å². The second-order valence-electron chi connectivity index (χ2n) is 7.07. The molecule has 10 N–H and O–H groups in total. The molecule has 0 saturated carbocycles. The maximum atomic E-state index is 12.8. The fourth-order valence-electron chi connectivity index (χ4n) is 2.68. The number of nitrogens with zero attached hydrogens (tertiary/aromatic N) is 1. The third-order valence-electron chi connectivity index (χ3n) is 4.39. The molecule has 13 heteroatoms. The third-order valence-corrected chi connectivity index (χ3v) is 4.39. The van der Waals surface area contributed by atoms with Gasteiger partial charge in [0.15, 0.2) is 0 Å². The molecule has 0 radical (unpaired) electrons. The molecule has 0 saturated heterocycles. The van der Waals surface area contributed by atoms with Crippen LogP contribution in [0.1, 0.15) is 31.9 Å². The Balaban J connectivity index is 2.87. The van der Waals surface area contributed by atoms with Crippen LogP contribution in [0.15, 0.2) is 12.5 Å². The highest BCUT2D eigenvalue weighted by Gasteiger charge is 2.31. The molecule has 31 heavy (non-hydrogen) atoms. The lowest BCUT2D eigenvalue weighted by atomic mass is 10.1. The van der Waals surface area contributed by atoms with Gasteiger partial charge in [0, 0.05) is 18.3 Å². The first-order chi connectivity index (χ1) is 14.6. The van der Waals surface area contributed by atoms with Crippen molar-refractivity contribution in [3.8, 4) is 0 Å². The van der Waals surface area contributed by atoms with Crippen LogP contribution >= 0.6 is 0 Å². The lowest BCUT2D eigenvalue weighted by Crippen LogP contribution is -2.59. The SMILES string of the molecule is CC(O)C(NC(=O)C(Cc1cnc[nH]1)NC(=O)C(N)CCCCN)C(=O)NCC(=O)O. The van der Waals surface area contributed by atoms with Crippen molar-refractivity contribution in [1.29, 1.82) is 0 Å². The third kappa shape index (κ3) is 9.55. The van der Waals surface area contributed by atoms with Crippen LogP contribution in [0.2, 0.25) is 0 Å². The molecule has 0 aliphatic rings. The van der Waals surface area contributed by atoms with Crippen LogP contribution in [-0.4, -0.2) is 81.2 Å². The quantitative estimate of drug-likeness (QED) is 0.137. The predicted molar refractivity (Wildman–Crippen MR) is 109 cm³/mol. The number of rotatable bonds is 14. The van der Waals surface area contributed by atoms with Crippen LogP contribution in [0, 0.1) is 0 Å². The predicted octanol–water partition coefficient (Wildman–Crippen LogP) is -3.04. The minimum atomic E-state index is -1.42. The fraction of sp³-hybridized carbons (Fsp3) is 0.611. The summed E-state index contributed by atoms with van der Waals surface area (Å²) in [6.45, 7) is 1.06. The number of H-pyrrole nitrogens is 1. The van der Waals surface area contributed by atoms with E-state index >= 15 is 0 Å². The van der Waals surface area contributed by atoms with Gasteiger partial charge in [0.1, 0.15) is 18.6 Å². The minimum absolute atomic E-state index is 0.0242. The van der Waals surface area contributed by atoms with Crippen molar-refractivity contribution in [1.82, 2.24) is 25.9 Å². The summed E-state index contributed by atoms with van der Waals surface area (Å²) in [4.78, 5) is 54.7. The highest BCUT2D eigenvalue weighted by molar-refractivity contribution is 5.94. The average Bonchev–Trinajstić information content (AvgIpc) is 3.22. The number of aliphatic carboxylic acids is 1. The number of hydrogen-bond acceptors (Lipinski definition) is 8. The summed E-state index contributed by atoms with van der Waals surface area (Å²) in [6.07, 6.45) is 3.32. The summed E-state index contributed by atoms with van der Waals surface area (Å²) < 4.78 is 0. The summed E-state index contributed by atoms with van der Waals surface area (Å²) >= 11 is 0. The molecular formula is C18H31N7O6. The van der Waals surface area contributed by atoms with Gasteiger partial charge in [0.2, 0.25) is 17.7 Å². The van der Waals surface area contributed by atoms with Gasteiger partial charge in [-0.1, -0.05) is 6.42 Å². The Bertz CT molecular complexity index is 725. The molecule has 0 bridgehead atoms. The molecule has 0 aliphatic carbocycles. The van der Waals surface area contributed by atoms with E-state index in [2.05, 4.69) is 25.9 Å². The normalized spacial score (nSPS) is 14.7. The number of carboxylic acids is 1. The van der Waals surface area contributed by atoms with Crippen LogP contribution < -0.4 is 27.4 Å². The first kappa shape index (κ1) is 26.0. The number of aromatic amines is 1. The van der Waals surface area contributed by atoms with Crippen molar-refractivity contribution >= 4 is 23.7 Å². The Kier molecular flexibility index (Phi) is 11.2. The second-order valence-corrected chi connectivity index (χ2v) is 7.07. The van der Waals surface area contributed by atoms with Crippen molar-refractivity contribution < 1.29 is 29.4 Å². The molecular weight excluding hydrogens is 410 g/mol. The molecule has 174 valence electrons. The molecule has 0 spiro atoms. The summed E-state index contributed by atoms with van der Waals surface area (Å²) in [5.74, 6) is -3.47. The molecule has 4 unspecified atom stereocenters. The van der Waals surface area contributed by atoms with Gasteiger partial charge in [-0.2, -0.15) is 0 Å². The number of imidazole rings is 1. The van der Waals surface area contributed by atoms with Gasteiger partial charge < -0.3 is 42.6 Å². The van der Waals surface area contributed by atoms with Gasteiger partial charge in [0.25, 0.3) is 0 Å². The molecule has 1 rings (SSSR count). The van der Waals surface area contributed by atoms with Gasteiger partial charge in [-0.3, -0.25) is 19.2 Å². The van der Waals surface area contributed by atoms with Crippen molar-refractivity contribution in [3.63, 3.8) is 0 Å². The lowest BCUT2D eigenvalue weighted by molar-refractivity contribution is -0.139. The Morgan fingerprint density at radius 3 is 2.42 bits per heavy atom. The topological polar surface area (TPSA) is 226 Å². The standard InChI is InChI=1S/C18H31N7O6/c1-10(26)15(18(31)22-8-14(27)28)25-17(30)13(6-11-7-21-9-23-11)24-16(29)12(20)4-2-3-5-19/h7,9-10,12-13,15,26H,2-6,8,19-20H2,1H3,(H,21,23)(H,22,31)(H,24,29)(H,25,30)(H,27,28). The van der Waals surface area contributed by atoms with Gasteiger partial charge in [0.05, 0.1) is 18.5 Å². The first-order valence-electron chi connectivity index (χ1n) is 9.86. The summed E-state index contributed by atoms with van der Waals surface area (Å²) in [6, 6.07) is -3.40. The number of nitrogens with two attached hydrogens (primary N) is 2. The molecule has 1 heterocycles. The van der Waals surface area contributed by atoms with Gasteiger partial charge >= 0.3 is 5.97 Å². The molecule has 1 aromatic heterocycles. The number of aliphatic hydroxyl groups is 1. The van der Waals surface area contributed by atoms with E-state index in [-0.39, 0.29) is 6.42 Å². The Morgan fingerprint density at radius 2 is 1.87 bits per heavy atom. The molecule has 0 aromatic carbocycles. The number of aliphatic hydroxyl groups excluding tert-OH is 1. The van der Waals surface area contributed by atoms with Crippen molar-refractivity contribution in [3.05, 3.63) is 18.2 Å². The minimum Gasteiger partial charge on any atom is -0.480 e. The fourth-order valence-corrected chi connectivity index (χ4v) is 2.68. The number of amides is 3. The zero-order chi connectivity index (χ0) is 23.4. The number of carboxylic acid groups (broad SMARTS) is 1. The number of nitrogens with one attached hydrogen (secondary N) is 4. The molecule has 1 aromatic rings. The van der Waals surface area contributed by atoms with Gasteiger partial charge in [-0.15, -0.1) is 0 Å². The smallest absolute Gasteiger partial charge is 0.322 e. The van der Waals surface area contributed by atoms with E-state index in [4.69, 9.17) is 16.6 Å². The van der Waals surface area contributed by atoms with E-state index in [1.807, 2.05) is 0 Å². The molecule has 0 aliphatic heterocycles. The highest BCUT2D eigenvalue weighted by Crippen LogP contribution is 2.04. The number of aromatic nitrogens is 2. The largest absolute Gasteiger partial charge is 0.480 e.